The zero-order valence-corrected chi connectivity index (χ0v) is 11.5. The molecule has 0 spiro atoms. The maximum atomic E-state index is 5.91. The molecule has 1 heterocycles. The highest BCUT2D eigenvalue weighted by molar-refractivity contribution is 5.12. The van der Waals surface area contributed by atoms with Crippen LogP contribution in [0.15, 0.2) is 23.0 Å². The van der Waals surface area contributed by atoms with E-state index in [0.717, 1.165) is 12.1 Å². The van der Waals surface area contributed by atoms with E-state index in [9.17, 15) is 0 Å². The van der Waals surface area contributed by atoms with E-state index in [-0.39, 0.29) is 12.1 Å². The van der Waals surface area contributed by atoms with E-state index in [0.29, 0.717) is 19.8 Å². The third-order valence-electron chi connectivity index (χ3n) is 3.08. The van der Waals surface area contributed by atoms with E-state index in [4.69, 9.17) is 19.6 Å². The Balaban J connectivity index is 2.78. The first-order valence-corrected chi connectivity index (χ1v) is 6.20. The summed E-state index contributed by atoms with van der Waals surface area (Å²) in [4.78, 5) is 2.29. The summed E-state index contributed by atoms with van der Waals surface area (Å²) in [5.74, 6) is 0. The second-order valence-electron chi connectivity index (χ2n) is 4.34. The van der Waals surface area contributed by atoms with Crippen LogP contribution in [-0.2, 0) is 9.47 Å². The van der Waals surface area contributed by atoms with Crippen molar-refractivity contribution in [2.24, 2.45) is 5.73 Å². The van der Waals surface area contributed by atoms with Crippen molar-refractivity contribution in [3.05, 3.63) is 24.2 Å². The molecule has 1 rings (SSSR count). The minimum absolute atomic E-state index is 0.129. The molecular formula is C13H24N2O3. The van der Waals surface area contributed by atoms with Crippen LogP contribution >= 0.6 is 0 Å². The third-order valence-corrected chi connectivity index (χ3v) is 3.08. The number of furan rings is 1. The number of hydrogen-bond acceptors (Lipinski definition) is 5. The molecule has 0 saturated heterocycles. The van der Waals surface area contributed by atoms with Gasteiger partial charge in [0, 0.05) is 38.9 Å². The van der Waals surface area contributed by atoms with Crippen molar-refractivity contribution in [1.29, 1.82) is 0 Å². The zero-order chi connectivity index (χ0) is 13.4. The Morgan fingerprint density at radius 3 is 2.67 bits per heavy atom. The summed E-state index contributed by atoms with van der Waals surface area (Å²) in [7, 11) is 3.41. The summed E-state index contributed by atoms with van der Waals surface area (Å²) in [6.07, 6.45) is 3.42. The molecule has 0 fully saturated rings. The van der Waals surface area contributed by atoms with Crippen LogP contribution in [0.1, 0.15) is 18.5 Å². The fourth-order valence-electron chi connectivity index (χ4n) is 2.14. The molecule has 0 aliphatic rings. The topological polar surface area (TPSA) is 60.9 Å². The zero-order valence-electron chi connectivity index (χ0n) is 11.5. The monoisotopic (exact) mass is 256 g/mol. The van der Waals surface area contributed by atoms with E-state index in [1.807, 2.05) is 6.07 Å². The Morgan fingerprint density at radius 1 is 1.39 bits per heavy atom. The van der Waals surface area contributed by atoms with Gasteiger partial charge in [0.2, 0.25) is 0 Å². The van der Waals surface area contributed by atoms with Gasteiger partial charge in [0.25, 0.3) is 0 Å². The molecule has 0 radical (unpaired) electrons. The maximum Gasteiger partial charge on any atom is 0.0950 e. The van der Waals surface area contributed by atoms with Crippen LogP contribution in [-0.4, -0.2) is 51.5 Å². The van der Waals surface area contributed by atoms with E-state index in [2.05, 4.69) is 11.8 Å². The Hall–Kier alpha value is -0.880. The van der Waals surface area contributed by atoms with Crippen LogP contribution in [0.4, 0.5) is 0 Å². The number of methoxy groups -OCH3 is 2. The van der Waals surface area contributed by atoms with Crippen molar-refractivity contribution in [1.82, 2.24) is 4.90 Å². The summed E-state index contributed by atoms with van der Waals surface area (Å²) in [5, 5.41) is 0. The van der Waals surface area contributed by atoms with Crippen molar-refractivity contribution >= 4 is 0 Å². The Morgan fingerprint density at radius 2 is 2.17 bits per heavy atom. The molecule has 0 aromatic carbocycles. The first-order valence-electron chi connectivity index (χ1n) is 6.20. The van der Waals surface area contributed by atoms with Crippen LogP contribution < -0.4 is 5.73 Å². The highest BCUT2D eigenvalue weighted by atomic mass is 16.5. The quantitative estimate of drug-likeness (QED) is 0.721. The molecule has 2 unspecified atom stereocenters. The molecule has 18 heavy (non-hydrogen) atoms. The SMILES string of the molecule is COCCN(C(C)COC)C(CN)c1ccoc1. The van der Waals surface area contributed by atoms with Gasteiger partial charge in [-0.15, -0.1) is 0 Å². The van der Waals surface area contributed by atoms with Gasteiger partial charge in [-0.3, -0.25) is 4.90 Å². The van der Waals surface area contributed by atoms with Gasteiger partial charge in [0.15, 0.2) is 0 Å². The molecule has 0 aliphatic heterocycles. The van der Waals surface area contributed by atoms with Crippen LogP contribution in [0.5, 0.6) is 0 Å². The smallest absolute Gasteiger partial charge is 0.0950 e. The normalized spacial score (nSPS) is 14.9. The molecule has 0 amide bonds. The highest BCUT2D eigenvalue weighted by Crippen LogP contribution is 2.22. The summed E-state index contributed by atoms with van der Waals surface area (Å²) < 4.78 is 15.5. The van der Waals surface area contributed by atoms with Crippen molar-refractivity contribution in [2.45, 2.75) is 19.0 Å². The van der Waals surface area contributed by atoms with Gasteiger partial charge < -0.3 is 19.6 Å². The number of nitrogens with two attached hydrogens (primary N) is 1. The van der Waals surface area contributed by atoms with Gasteiger partial charge in [-0.25, -0.2) is 0 Å². The van der Waals surface area contributed by atoms with Gasteiger partial charge in [-0.1, -0.05) is 0 Å². The molecule has 0 aliphatic carbocycles. The van der Waals surface area contributed by atoms with Gasteiger partial charge in [0.05, 0.1) is 31.8 Å². The van der Waals surface area contributed by atoms with Crippen molar-refractivity contribution in [3.8, 4) is 0 Å². The molecule has 0 bridgehead atoms. The summed E-state index contributed by atoms with van der Waals surface area (Å²) in [5.41, 5.74) is 7.00. The van der Waals surface area contributed by atoms with Crippen molar-refractivity contribution in [2.75, 3.05) is 40.5 Å². The summed E-state index contributed by atoms with van der Waals surface area (Å²) in [6, 6.07) is 2.36. The molecule has 1 aromatic heterocycles. The largest absolute Gasteiger partial charge is 0.472 e. The van der Waals surface area contributed by atoms with Crippen molar-refractivity contribution < 1.29 is 13.9 Å². The second-order valence-corrected chi connectivity index (χ2v) is 4.34. The molecule has 5 heteroatoms. The first-order chi connectivity index (χ1) is 8.74. The first kappa shape index (κ1) is 15.2. The Labute approximate surface area is 109 Å². The predicted molar refractivity (Wildman–Crippen MR) is 70.4 cm³/mol. The average molecular weight is 256 g/mol. The Kier molecular flexibility index (Phi) is 6.97. The lowest BCUT2D eigenvalue weighted by atomic mass is 10.1. The molecule has 5 nitrogen and oxygen atoms in total. The molecular weight excluding hydrogens is 232 g/mol. The number of hydrogen-bond donors (Lipinski definition) is 1. The van der Waals surface area contributed by atoms with E-state index >= 15 is 0 Å². The molecule has 2 atom stereocenters. The minimum Gasteiger partial charge on any atom is -0.472 e. The lowest BCUT2D eigenvalue weighted by molar-refractivity contribution is 0.0485. The molecule has 2 N–H and O–H groups in total. The van der Waals surface area contributed by atoms with E-state index in [1.54, 1.807) is 26.7 Å². The fourth-order valence-corrected chi connectivity index (χ4v) is 2.14. The Bertz CT molecular complexity index is 303. The lowest BCUT2D eigenvalue weighted by Gasteiger charge is -2.35. The lowest BCUT2D eigenvalue weighted by Crippen LogP contribution is -2.43. The number of rotatable bonds is 9. The average Bonchev–Trinajstić information content (AvgIpc) is 2.88. The van der Waals surface area contributed by atoms with Crippen LogP contribution in [0.3, 0.4) is 0 Å². The summed E-state index contributed by atoms with van der Waals surface area (Å²) >= 11 is 0. The van der Waals surface area contributed by atoms with Crippen molar-refractivity contribution in [3.63, 3.8) is 0 Å². The number of nitrogens with zero attached hydrogens (tertiary/aromatic N) is 1. The van der Waals surface area contributed by atoms with Crippen LogP contribution in [0, 0.1) is 0 Å². The maximum absolute atomic E-state index is 5.91. The summed E-state index contributed by atoms with van der Waals surface area (Å²) in [6.45, 7) is 4.81. The molecule has 1 aromatic rings. The minimum atomic E-state index is 0.129. The van der Waals surface area contributed by atoms with Gasteiger partial charge >= 0.3 is 0 Å². The van der Waals surface area contributed by atoms with Gasteiger partial charge in [0.1, 0.15) is 0 Å². The third kappa shape index (κ3) is 4.10. The molecule has 0 saturated carbocycles. The second kappa shape index (κ2) is 8.26. The van der Waals surface area contributed by atoms with Crippen LogP contribution in [0.2, 0.25) is 0 Å². The fraction of sp³-hybridized carbons (Fsp3) is 0.692. The highest BCUT2D eigenvalue weighted by Gasteiger charge is 2.24. The van der Waals surface area contributed by atoms with Gasteiger partial charge in [-0.2, -0.15) is 0 Å². The standard InChI is InChI=1S/C13H24N2O3/c1-11(9-17-3)15(5-7-16-2)13(8-14)12-4-6-18-10-12/h4,6,10-11,13H,5,7-9,14H2,1-3H3. The van der Waals surface area contributed by atoms with Gasteiger partial charge in [-0.05, 0) is 13.0 Å². The predicted octanol–water partition coefficient (Wildman–Crippen LogP) is 1.26. The van der Waals surface area contributed by atoms with E-state index < -0.39 is 0 Å². The van der Waals surface area contributed by atoms with E-state index in [1.165, 1.54) is 0 Å². The van der Waals surface area contributed by atoms with Crippen LogP contribution in [0.25, 0.3) is 0 Å². The molecule has 104 valence electrons. The number of ether oxygens (including phenoxy) is 2.